The number of nitrogens with two attached hydrogens (primary N) is 1. The molecule has 2 aromatic carbocycles. The van der Waals surface area contributed by atoms with Crippen LogP contribution >= 0.6 is 11.6 Å². The maximum atomic E-state index is 13.6. The van der Waals surface area contributed by atoms with E-state index in [-0.39, 0.29) is 17.0 Å². The van der Waals surface area contributed by atoms with Gasteiger partial charge in [-0.25, -0.2) is 4.39 Å². The smallest absolute Gasteiger partial charge is 0.142 e. The summed E-state index contributed by atoms with van der Waals surface area (Å²) in [5, 5.41) is 0.181. The van der Waals surface area contributed by atoms with Crippen molar-refractivity contribution >= 4 is 11.6 Å². The summed E-state index contributed by atoms with van der Waals surface area (Å²) in [5.41, 5.74) is 4.86. The van der Waals surface area contributed by atoms with Crippen molar-refractivity contribution in [2.75, 3.05) is 0 Å². The Hall–Kier alpha value is -1.42. The van der Waals surface area contributed by atoms with Crippen molar-refractivity contribution in [3.05, 3.63) is 70.5 Å². The summed E-state index contributed by atoms with van der Waals surface area (Å²) >= 11 is 6.04. The minimum Gasteiger partial charge on any atom is -0.271 e. The molecule has 2 rings (SSSR count). The van der Waals surface area contributed by atoms with Gasteiger partial charge in [0.2, 0.25) is 0 Å². The van der Waals surface area contributed by atoms with E-state index in [2.05, 4.69) is 24.5 Å². The highest BCUT2D eigenvalue weighted by Gasteiger charge is 2.22. The summed E-state index contributed by atoms with van der Waals surface area (Å²) in [7, 11) is 0. The van der Waals surface area contributed by atoms with Crippen LogP contribution in [0.1, 0.15) is 30.4 Å². The molecule has 0 saturated heterocycles. The van der Waals surface area contributed by atoms with Crippen molar-refractivity contribution in [3.63, 3.8) is 0 Å². The predicted octanol–water partition coefficient (Wildman–Crippen LogP) is 4.05. The molecule has 0 aromatic heterocycles. The Morgan fingerprint density at radius 2 is 1.86 bits per heavy atom. The van der Waals surface area contributed by atoms with E-state index in [9.17, 15) is 4.39 Å². The highest BCUT2D eigenvalue weighted by Crippen LogP contribution is 2.28. The molecule has 0 spiro atoms. The van der Waals surface area contributed by atoms with E-state index in [1.807, 2.05) is 24.3 Å². The van der Waals surface area contributed by atoms with Gasteiger partial charge in [-0.15, -0.1) is 0 Å². The number of halogens is 2. The van der Waals surface area contributed by atoms with Gasteiger partial charge in [0.15, 0.2) is 0 Å². The van der Waals surface area contributed by atoms with Gasteiger partial charge in [0.1, 0.15) is 5.82 Å². The van der Waals surface area contributed by atoms with E-state index >= 15 is 0 Å². The Labute approximate surface area is 130 Å². The number of rotatable bonds is 6. The van der Waals surface area contributed by atoms with Gasteiger partial charge in [0, 0.05) is 12.0 Å². The Kier molecular flexibility index (Phi) is 5.74. The molecule has 0 bridgehead atoms. The lowest BCUT2D eigenvalue weighted by molar-refractivity contribution is 0.427. The van der Waals surface area contributed by atoms with Gasteiger partial charge in [0.05, 0.1) is 5.02 Å². The molecule has 0 fully saturated rings. The van der Waals surface area contributed by atoms with Gasteiger partial charge in [-0.05, 0) is 30.0 Å². The summed E-state index contributed by atoms with van der Waals surface area (Å²) < 4.78 is 13.6. The highest BCUT2D eigenvalue weighted by molar-refractivity contribution is 6.31. The predicted molar refractivity (Wildman–Crippen MR) is 85.7 cm³/mol. The molecule has 0 aliphatic rings. The van der Waals surface area contributed by atoms with Gasteiger partial charge in [-0.3, -0.25) is 11.3 Å². The SMILES string of the molecule is CCC(c1ccccc1)C(Cc1cccc(F)c1Cl)NN. The first-order valence-electron chi connectivity index (χ1n) is 7.11. The molecule has 0 saturated carbocycles. The van der Waals surface area contributed by atoms with Gasteiger partial charge in [-0.1, -0.05) is 61.0 Å². The monoisotopic (exact) mass is 306 g/mol. The summed E-state index contributed by atoms with van der Waals surface area (Å²) in [5.74, 6) is 5.59. The van der Waals surface area contributed by atoms with Crippen LogP contribution in [0.3, 0.4) is 0 Å². The molecule has 0 aliphatic carbocycles. The number of benzene rings is 2. The summed E-state index contributed by atoms with van der Waals surface area (Å²) in [6.07, 6.45) is 1.52. The third-order valence-electron chi connectivity index (χ3n) is 3.84. The van der Waals surface area contributed by atoms with Crippen molar-refractivity contribution in [2.45, 2.75) is 31.7 Å². The van der Waals surface area contributed by atoms with Gasteiger partial charge in [-0.2, -0.15) is 0 Å². The van der Waals surface area contributed by atoms with Crippen LogP contribution in [0.15, 0.2) is 48.5 Å². The lowest BCUT2D eigenvalue weighted by Crippen LogP contribution is -2.41. The molecule has 2 atom stereocenters. The molecular weight excluding hydrogens is 287 g/mol. The third-order valence-corrected chi connectivity index (χ3v) is 4.26. The van der Waals surface area contributed by atoms with Crippen LogP contribution in [0.2, 0.25) is 5.02 Å². The second-order valence-electron chi connectivity index (χ2n) is 5.12. The van der Waals surface area contributed by atoms with Crippen LogP contribution in [0.25, 0.3) is 0 Å². The van der Waals surface area contributed by atoms with E-state index in [0.717, 1.165) is 12.0 Å². The normalized spacial score (nSPS) is 13.9. The molecule has 2 nitrogen and oxygen atoms in total. The topological polar surface area (TPSA) is 38.0 Å². The van der Waals surface area contributed by atoms with Gasteiger partial charge in [0.25, 0.3) is 0 Å². The number of hydrazine groups is 1. The Balaban J connectivity index is 2.24. The molecule has 21 heavy (non-hydrogen) atoms. The van der Waals surface area contributed by atoms with Crippen LogP contribution < -0.4 is 11.3 Å². The number of nitrogens with one attached hydrogen (secondary N) is 1. The van der Waals surface area contributed by atoms with E-state index in [0.29, 0.717) is 6.42 Å². The van der Waals surface area contributed by atoms with E-state index in [1.165, 1.54) is 11.6 Å². The molecule has 0 heterocycles. The van der Waals surface area contributed by atoms with Crippen LogP contribution in [0, 0.1) is 5.82 Å². The Bertz CT molecular complexity index is 574. The maximum Gasteiger partial charge on any atom is 0.142 e. The van der Waals surface area contributed by atoms with Crippen molar-refractivity contribution in [1.29, 1.82) is 0 Å². The molecule has 112 valence electrons. The van der Waals surface area contributed by atoms with Crippen LogP contribution in [-0.2, 0) is 6.42 Å². The summed E-state index contributed by atoms with van der Waals surface area (Å²) in [4.78, 5) is 0. The Morgan fingerprint density at radius 1 is 1.14 bits per heavy atom. The van der Waals surface area contributed by atoms with Gasteiger partial charge >= 0.3 is 0 Å². The third kappa shape index (κ3) is 3.82. The molecule has 2 aromatic rings. The summed E-state index contributed by atoms with van der Waals surface area (Å²) in [6, 6.07) is 15.1. The van der Waals surface area contributed by atoms with Gasteiger partial charge < -0.3 is 0 Å². The Morgan fingerprint density at radius 3 is 2.48 bits per heavy atom. The number of hydrogen-bond acceptors (Lipinski definition) is 2. The fourth-order valence-corrected chi connectivity index (χ4v) is 2.92. The average Bonchev–Trinajstić information content (AvgIpc) is 2.52. The van der Waals surface area contributed by atoms with E-state index < -0.39 is 5.82 Å². The standard InChI is InChI=1S/C17H20ClFN2/c1-2-14(12-7-4-3-5-8-12)16(21-20)11-13-9-6-10-15(19)17(13)18/h3-10,14,16,21H,2,11,20H2,1H3. The van der Waals surface area contributed by atoms with Crippen molar-refractivity contribution in [2.24, 2.45) is 5.84 Å². The summed E-state index contributed by atoms with van der Waals surface area (Å²) in [6.45, 7) is 2.12. The maximum absolute atomic E-state index is 13.6. The first-order valence-corrected chi connectivity index (χ1v) is 7.49. The highest BCUT2D eigenvalue weighted by atomic mass is 35.5. The molecule has 3 N–H and O–H groups in total. The van der Waals surface area contributed by atoms with Crippen LogP contribution in [0.4, 0.5) is 4.39 Å². The average molecular weight is 307 g/mol. The zero-order chi connectivity index (χ0) is 15.2. The molecule has 0 aliphatic heterocycles. The second kappa shape index (κ2) is 7.55. The number of hydrogen-bond donors (Lipinski definition) is 2. The first-order chi connectivity index (χ1) is 10.2. The zero-order valence-electron chi connectivity index (χ0n) is 12.0. The fraction of sp³-hybridized carbons (Fsp3) is 0.294. The molecule has 2 unspecified atom stereocenters. The molecule has 4 heteroatoms. The lowest BCUT2D eigenvalue weighted by atomic mass is 9.86. The van der Waals surface area contributed by atoms with Crippen molar-refractivity contribution < 1.29 is 4.39 Å². The minimum atomic E-state index is -0.391. The van der Waals surface area contributed by atoms with Crippen molar-refractivity contribution in [1.82, 2.24) is 5.43 Å². The van der Waals surface area contributed by atoms with Crippen LogP contribution in [-0.4, -0.2) is 6.04 Å². The quantitative estimate of drug-likeness (QED) is 0.624. The van der Waals surface area contributed by atoms with Crippen LogP contribution in [0.5, 0.6) is 0 Å². The largest absolute Gasteiger partial charge is 0.271 e. The van der Waals surface area contributed by atoms with E-state index in [1.54, 1.807) is 6.07 Å². The van der Waals surface area contributed by atoms with E-state index in [4.69, 9.17) is 17.4 Å². The van der Waals surface area contributed by atoms with Crippen molar-refractivity contribution in [3.8, 4) is 0 Å². The molecule has 0 amide bonds. The molecular formula is C17H20ClFN2. The zero-order valence-corrected chi connectivity index (χ0v) is 12.8. The second-order valence-corrected chi connectivity index (χ2v) is 5.49. The lowest BCUT2D eigenvalue weighted by Gasteiger charge is -2.26. The minimum absolute atomic E-state index is 0.00306. The first kappa shape index (κ1) is 16.0. The fourth-order valence-electron chi connectivity index (χ4n) is 2.71. The molecule has 0 radical (unpaired) electrons.